The average molecular weight is 285 g/mol. The molecule has 1 saturated carbocycles. The smallest absolute Gasteiger partial charge is 0.188 e. The molecule has 2 fully saturated rings. The van der Waals surface area contributed by atoms with Gasteiger partial charge in [-0.2, -0.15) is 0 Å². The molecule has 0 bridgehead atoms. The van der Waals surface area contributed by atoms with E-state index in [1.165, 1.54) is 12.1 Å². The van der Waals surface area contributed by atoms with E-state index in [4.69, 9.17) is 10.5 Å². The predicted octanol–water partition coefficient (Wildman–Crippen LogP) is 1.03. The molecular formula is C13H16FNO3S. The highest BCUT2D eigenvalue weighted by atomic mass is 32.2. The Kier molecular flexibility index (Phi) is 2.92. The van der Waals surface area contributed by atoms with Gasteiger partial charge in [0.2, 0.25) is 0 Å². The fraction of sp³-hybridized carbons (Fsp3) is 0.538. The molecule has 104 valence electrons. The second-order valence-corrected chi connectivity index (χ2v) is 7.70. The van der Waals surface area contributed by atoms with Crippen LogP contribution in [0.1, 0.15) is 18.4 Å². The number of ether oxygens (including phenoxy) is 1. The molecule has 19 heavy (non-hydrogen) atoms. The molecule has 0 aromatic heterocycles. The zero-order chi connectivity index (χ0) is 13.7. The van der Waals surface area contributed by atoms with Crippen LogP contribution in [-0.4, -0.2) is 32.4 Å². The molecule has 1 aliphatic heterocycles. The lowest BCUT2D eigenvalue weighted by Gasteiger charge is -2.26. The van der Waals surface area contributed by atoms with Crippen molar-refractivity contribution < 1.29 is 17.5 Å². The summed E-state index contributed by atoms with van der Waals surface area (Å²) in [4.78, 5) is -0.230. The highest BCUT2D eigenvalue weighted by molar-refractivity contribution is 7.92. The normalized spacial score (nSPS) is 22.0. The molecule has 0 spiro atoms. The van der Waals surface area contributed by atoms with E-state index in [1.54, 1.807) is 6.07 Å². The summed E-state index contributed by atoms with van der Waals surface area (Å²) >= 11 is 0. The summed E-state index contributed by atoms with van der Waals surface area (Å²) in [5.74, 6) is -0.686. The Morgan fingerprint density at radius 2 is 2.05 bits per heavy atom. The van der Waals surface area contributed by atoms with E-state index in [2.05, 4.69) is 0 Å². The van der Waals surface area contributed by atoms with Crippen LogP contribution in [-0.2, 0) is 21.0 Å². The van der Waals surface area contributed by atoms with E-state index in [1.807, 2.05) is 0 Å². The molecule has 1 aromatic rings. The van der Waals surface area contributed by atoms with Crippen molar-refractivity contribution in [3.8, 4) is 0 Å². The molecule has 0 atom stereocenters. The van der Waals surface area contributed by atoms with Crippen molar-refractivity contribution in [1.29, 1.82) is 0 Å². The van der Waals surface area contributed by atoms with Crippen molar-refractivity contribution in [3.63, 3.8) is 0 Å². The molecule has 1 saturated heterocycles. The highest BCUT2D eigenvalue weighted by Crippen LogP contribution is 2.36. The van der Waals surface area contributed by atoms with Gasteiger partial charge in [-0.1, -0.05) is 6.07 Å². The summed E-state index contributed by atoms with van der Waals surface area (Å²) in [6.07, 6.45) is 2.47. The van der Waals surface area contributed by atoms with Gasteiger partial charge in [0.15, 0.2) is 9.84 Å². The topological polar surface area (TPSA) is 69.4 Å². The lowest BCUT2D eigenvalue weighted by Crippen LogP contribution is -2.41. The number of halogens is 1. The van der Waals surface area contributed by atoms with Crippen molar-refractivity contribution in [3.05, 3.63) is 29.6 Å². The van der Waals surface area contributed by atoms with E-state index in [0.29, 0.717) is 6.42 Å². The van der Waals surface area contributed by atoms with Gasteiger partial charge in [0, 0.05) is 5.54 Å². The van der Waals surface area contributed by atoms with Crippen LogP contribution >= 0.6 is 0 Å². The Morgan fingerprint density at radius 1 is 1.37 bits per heavy atom. The largest absolute Gasteiger partial charge is 0.379 e. The average Bonchev–Trinajstić information content (AvgIpc) is 2.91. The van der Waals surface area contributed by atoms with Crippen LogP contribution in [0, 0.1) is 5.82 Å². The summed E-state index contributed by atoms with van der Waals surface area (Å²) in [5.41, 5.74) is 6.51. The fourth-order valence-electron chi connectivity index (χ4n) is 2.20. The SMILES string of the molecule is NC1(Cc2ccc(S(=O)(=O)C3COC3)c(F)c2)CC1. The Hall–Kier alpha value is -0.980. The number of rotatable bonds is 4. The molecule has 6 heteroatoms. The zero-order valence-corrected chi connectivity index (χ0v) is 11.2. The van der Waals surface area contributed by atoms with Crippen molar-refractivity contribution in [2.75, 3.05) is 13.2 Å². The van der Waals surface area contributed by atoms with Gasteiger partial charge >= 0.3 is 0 Å². The van der Waals surface area contributed by atoms with Gasteiger partial charge in [0.25, 0.3) is 0 Å². The van der Waals surface area contributed by atoms with Gasteiger partial charge in [-0.25, -0.2) is 12.8 Å². The first kappa shape index (κ1) is 13.0. The van der Waals surface area contributed by atoms with Gasteiger partial charge in [0.05, 0.1) is 13.2 Å². The maximum Gasteiger partial charge on any atom is 0.188 e. The lowest BCUT2D eigenvalue weighted by atomic mass is 10.1. The monoisotopic (exact) mass is 285 g/mol. The number of benzene rings is 1. The second kappa shape index (κ2) is 4.26. The van der Waals surface area contributed by atoms with Crippen LogP contribution in [0.4, 0.5) is 4.39 Å². The number of hydrogen-bond donors (Lipinski definition) is 1. The first-order valence-corrected chi connectivity index (χ1v) is 7.84. The van der Waals surface area contributed by atoms with Gasteiger partial charge in [-0.3, -0.25) is 0 Å². The van der Waals surface area contributed by atoms with Gasteiger partial charge in [-0.15, -0.1) is 0 Å². The molecule has 1 aliphatic carbocycles. The fourth-order valence-corrected chi connectivity index (χ4v) is 3.70. The first-order chi connectivity index (χ1) is 8.91. The Morgan fingerprint density at radius 3 is 2.53 bits per heavy atom. The molecule has 2 N–H and O–H groups in total. The molecule has 1 heterocycles. The van der Waals surface area contributed by atoms with E-state index in [-0.39, 0.29) is 23.6 Å². The van der Waals surface area contributed by atoms with Gasteiger partial charge in [-0.05, 0) is 37.0 Å². The molecule has 0 radical (unpaired) electrons. The second-order valence-electron chi connectivity index (χ2n) is 5.51. The van der Waals surface area contributed by atoms with Gasteiger partial charge in [0.1, 0.15) is 16.0 Å². The quantitative estimate of drug-likeness (QED) is 0.897. The van der Waals surface area contributed by atoms with E-state index in [0.717, 1.165) is 18.4 Å². The Bertz CT molecular complexity index is 606. The predicted molar refractivity (Wildman–Crippen MR) is 68.0 cm³/mol. The minimum absolute atomic E-state index is 0.148. The number of sulfone groups is 1. The van der Waals surface area contributed by atoms with E-state index < -0.39 is 20.9 Å². The molecular weight excluding hydrogens is 269 g/mol. The summed E-state index contributed by atoms with van der Waals surface area (Å²) in [6, 6.07) is 4.30. The number of nitrogens with two attached hydrogens (primary N) is 1. The maximum absolute atomic E-state index is 14.0. The maximum atomic E-state index is 14.0. The minimum atomic E-state index is -3.61. The lowest BCUT2D eigenvalue weighted by molar-refractivity contribution is 0.0415. The summed E-state index contributed by atoms with van der Waals surface area (Å²) in [6.45, 7) is 0.296. The third kappa shape index (κ3) is 2.40. The zero-order valence-electron chi connectivity index (χ0n) is 10.4. The van der Waals surface area contributed by atoms with Gasteiger partial charge < -0.3 is 10.5 Å². The molecule has 4 nitrogen and oxygen atoms in total. The van der Waals surface area contributed by atoms with Crippen molar-refractivity contribution in [2.24, 2.45) is 5.73 Å². The molecule has 3 rings (SSSR count). The highest BCUT2D eigenvalue weighted by Gasteiger charge is 2.39. The van der Waals surface area contributed by atoms with E-state index in [9.17, 15) is 12.8 Å². The first-order valence-electron chi connectivity index (χ1n) is 6.30. The van der Waals surface area contributed by atoms with Crippen LogP contribution in [0.2, 0.25) is 0 Å². The summed E-state index contributed by atoms with van der Waals surface area (Å²) in [5, 5.41) is -0.614. The summed E-state index contributed by atoms with van der Waals surface area (Å²) < 4.78 is 43.1. The summed E-state index contributed by atoms with van der Waals surface area (Å²) in [7, 11) is -3.61. The number of hydrogen-bond acceptors (Lipinski definition) is 4. The van der Waals surface area contributed by atoms with Crippen LogP contribution < -0.4 is 5.73 Å². The van der Waals surface area contributed by atoms with Crippen LogP contribution in [0.15, 0.2) is 23.1 Å². The van der Waals surface area contributed by atoms with Crippen LogP contribution in [0.25, 0.3) is 0 Å². The minimum Gasteiger partial charge on any atom is -0.379 e. The Balaban J connectivity index is 1.87. The third-order valence-corrected chi connectivity index (χ3v) is 5.89. The van der Waals surface area contributed by atoms with E-state index >= 15 is 0 Å². The van der Waals surface area contributed by atoms with Crippen molar-refractivity contribution in [2.45, 2.75) is 34.9 Å². The molecule has 0 unspecified atom stereocenters. The molecule has 1 aromatic carbocycles. The van der Waals surface area contributed by atoms with Crippen molar-refractivity contribution >= 4 is 9.84 Å². The molecule has 0 amide bonds. The molecule has 2 aliphatic rings. The van der Waals surface area contributed by atoms with Crippen LogP contribution in [0.3, 0.4) is 0 Å². The standard InChI is InChI=1S/C13H16FNO3S/c14-11-5-9(6-13(15)3-4-13)1-2-12(11)19(16,17)10-7-18-8-10/h1-2,5,10H,3-4,6-8,15H2. The Labute approximate surface area is 111 Å². The van der Waals surface area contributed by atoms with Crippen LogP contribution in [0.5, 0.6) is 0 Å². The van der Waals surface area contributed by atoms with Crippen molar-refractivity contribution in [1.82, 2.24) is 0 Å². The third-order valence-electron chi connectivity index (χ3n) is 3.80.